The highest BCUT2D eigenvalue weighted by Crippen LogP contribution is 2.24. The van der Waals surface area contributed by atoms with Crippen molar-refractivity contribution in [3.05, 3.63) is 12.3 Å². The van der Waals surface area contributed by atoms with Crippen molar-refractivity contribution in [3.63, 3.8) is 0 Å². The van der Waals surface area contributed by atoms with Gasteiger partial charge in [-0.25, -0.2) is 4.79 Å². The molecule has 0 aromatic carbocycles. The summed E-state index contributed by atoms with van der Waals surface area (Å²) in [6.07, 6.45) is 6.53. The van der Waals surface area contributed by atoms with E-state index in [-0.39, 0.29) is 12.1 Å². The van der Waals surface area contributed by atoms with Crippen LogP contribution in [0.3, 0.4) is 0 Å². The van der Waals surface area contributed by atoms with Gasteiger partial charge < -0.3 is 4.74 Å². The predicted octanol–water partition coefficient (Wildman–Crippen LogP) is 2.74. The van der Waals surface area contributed by atoms with Crippen molar-refractivity contribution in [2.45, 2.75) is 51.7 Å². The number of hydrogen-bond acceptors (Lipinski definition) is 3. The van der Waals surface area contributed by atoms with Gasteiger partial charge in [0.2, 0.25) is 0 Å². The van der Waals surface area contributed by atoms with Crippen LogP contribution in [-0.2, 0) is 4.74 Å². The van der Waals surface area contributed by atoms with Crippen LogP contribution in [0.1, 0.15) is 40.0 Å². The highest BCUT2D eigenvalue weighted by Gasteiger charge is 2.35. The van der Waals surface area contributed by atoms with Crippen LogP contribution in [0.2, 0.25) is 0 Å². The fraction of sp³-hybridized carbons (Fsp3) is 0.692. The molecule has 0 aliphatic carbocycles. The summed E-state index contributed by atoms with van der Waals surface area (Å²) in [6.45, 7) is 6.46. The van der Waals surface area contributed by atoms with Crippen LogP contribution in [0.25, 0.3) is 0 Å². The monoisotopic (exact) mass is 236 g/mol. The molecule has 0 bridgehead atoms. The zero-order valence-electron chi connectivity index (χ0n) is 10.8. The Kier molecular flexibility index (Phi) is 3.22. The molecule has 0 unspecified atom stereocenters. The van der Waals surface area contributed by atoms with Gasteiger partial charge in [0.15, 0.2) is 0 Å². The van der Waals surface area contributed by atoms with Gasteiger partial charge in [0.05, 0.1) is 6.04 Å². The molecule has 17 heavy (non-hydrogen) atoms. The van der Waals surface area contributed by atoms with Gasteiger partial charge in [-0.2, -0.15) is 0 Å². The predicted molar refractivity (Wildman–Crippen MR) is 67.2 cm³/mol. The number of aliphatic imine (C=N–C) groups is 1. The van der Waals surface area contributed by atoms with Gasteiger partial charge in [-0.15, -0.1) is 0 Å². The first-order valence-electron chi connectivity index (χ1n) is 6.18. The van der Waals surface area contributed by atoms with Crippen LogP contribution in [0.4, 0.5) is 4.79 Å². The smallest absolute Gasteiger partial charge is 0.410 e. The van der Waals surface area contributed by atoms with E-state index in [1.165, 1.54) is 0 Å². The maximum atomic E-state index is 12.1. The molecule has 0 N–H and O–H groups in total. The van der Waals surface area contributed by atoms with Crippen molar-refractivity contribution in [3.8, 4) is 0 Å². The summed E-state index contributed by atoms with van der Waals surface area (Å²) >= 11 is 0. The Hall–Kier alpha value is -1.32. The van der Waals surface area contributed by atoms with Gasteiger partial charge in [0, 0.05) is 24.9 Å². The first-order valence-corrected chi connectivity index (χ1v) is 6.18. The van der Waals surface area contributed by atoms with Crippen molar-refractivity contribution in [2.24, 2.45) is 4.99 Å². The SMILES string of the molecule is CC(C)(C)OC(=O)N1CCC[C@H]1C1=NC=CC1. The van der Waals surface area contributed by atoms with Gasteiger partial charge in [0.25, 0.3) is 0 Å². The summed E-state index contributed by atoms with van der Waals surface area (Å²) in [5.74, 6) is 0. The lowest BCUT2D eigenvalue weighted by molar-refractivity contribution is 0.0265. The number of amides is 1. The number of allylic oxidation sites excluding steroid dienone is 1. The van der Waals surface area contributed by atoms with Crippen molar-refractivity contribution in [1.82, 2.24) is 4.90 Å². The fourth-order valence-corrected chi connectivity index (χ4v) is 2.25. The molecule has 0 aromatic heterocycles. The average molecular weight is 236 g/mol. The van der Waals surface area contributed by atoms with Crippen LogP contribution < -0.4 is 0 Å². The fourth-order valence-electron chi connectivity index (χ4n) is 2.25. The molecule has 1 fully saturated rings. The Morgan fingerprint density at radius 1 is 1.53 bits per heavy atom. The van der Waals surface area contributed by atoms with Crippen molar-refractivity contribution >= 4 is 11.8 Å². The van der Waals surface area contributed by atoms with Gasteiger partial charge in [-0.05, 0) is 33.6 Å². The molecule has 0 aromatic rings. The Bertz CT molecular complexity index is 366. The van der Waals surface area contributed by atoms with Crippen molar-refractivity contribution < 1.29 is 9.53 Å². The minimum atomic E-state index is -0.431. The first-order chi connectivity index (χ1) is 7.97. The molecule has 2 rings (SSSR count). The molecule has 0 saturated carbocycles. The lowest BCUT2D eigenvalue weighted by Crippen LogP contribution is -2.43. The highest BCUT2D eigenvalue weighted by atomic mass is 16.6. The number of carbonyl (C=O) groups is 1. The van der Waals surface area contributed by atoms with Crippen LogP contribution in [0.5, 0.6) is 0 Å². The van der Waals surface area contributed by atoms with E-state index in [0.717, 1.165) is 31.5 Å². The summed E-state index contributed by atoms with van der Waals surface area (Å²) in [7, 11) is 0. The van der Waals surface area contributed by atoms with Gasteiger partial charge in [0.1, 0.15) is 5.60 Å². The average Bonchev–Trinajstić information content (AvgIpc) is 2.85. The molecule has 2 heterocycles. The van der Waals surface area contributed by atoms with Gasteiger partial charge in [-0.1, -0.05) is 6.08 Å². The van der Waals surface area contributed by atoms with E-state index in [0.29, 0.717) is 0 Å². The largest absolute Gasteiger partial charge is 0.444 e. The molecule has 94 valence electrons. The number of hydrogen-bond donors (Lipinski definition) is 0. The zero-order valence-corrected chi connectivity index (χ0v) is 10.8. The van der Waals surface area contributed by atoms with Crippen LogP contribution in [0, 0.1) is 0 Å². The number of ether oxygens (including phenoxy) is 1. The third-order valence-corrected chi connectivity index (χ3v) is 2.94. The summed E-state index contributed by atoms with van der Waals surface area (Å²) in [4.78, 5) is 18.2. The van der Waals surface area contributed by atoms with Gasteiger partial charge in [-0.3, -0.25) is 9.89 Å². The summed E-state index contributed by atoms with van der Waals surface area (Å²) in [5, 5.41) is 0. The van der Waals surface area contributed by atoms with Crippen LogP contribution in [-0.4, -0.2) is 34.9 Å². The van der Waals surface area contributed by atoms with E-state index >= 15 is 0 Å². The number of carbonyl (C=O) groups excluding carboxylic acids is 1. The minimum Gasteiger partial charge on any atom is -0.444 e. The molecule has 1 amide bonds. The molecular weight excluding hydrogens is 216 g/mol. The molecule has 2 aliphatic rings. The third kappa shape index (κ3) is 2.87. The molecule has 4 heteroatoms. The van der Waals surface area contributed by atoms with Crippen LogP contribution >= 0.6 is 0 Å². The summed E-state index contributed by atoms with van der Waals surface area (Å²) in [6, 6.07) is 0.139. The standard InChI is InChI=1S/C13H20N2O2/c1-13(2,3)17-12(16)15-9-5-7-11(15)10-6-4-8-14-10/h4,8,11H,5-7,9H2,1-3H3/t11-/m0/s1. The first kappa shape index (κ1) is 12.1. The van der Waals surface area contributed by atoms with E-state index in [1.54, 1.807) is 0 Å². The Morgan fingerprint density at radius 2 is 2.29 bits per heavy atom. The van der Waals surface area contributed by atoms with E-state index in [4.69, 9.17) is 4.74 Å². The van der Waals surface area contributed by atoms with E-state index in [9.17, 15) is 4.79 Å². The normalized spacial score (nSPS) is 24.1. The third-order valence-electron chi connectivity index (χ3n) is 2.94. The van der Waals surface area contributed by atoms with Crippen LogP contribution in [0.15, 0.2) is 17.3 Å². The maximum absolute atomic E-state index is 12.1. The molecule has 0 radical (unpaired) electrons. The highest BCUT2D eigenvalue weighted by molar-refractivity contribution is 5.95. The molecule has 4 nitrogen and oxygen atoms in total. The Balaban J connectivity index is 2.02. The molecular formula is C13H20N2O2. The molecule has 1 atom stereocenters. The molecule has 2 aliphatic heterocycles. The number of likely N-dealkylation sites (tertiary alicyclic amines) is 1. The number of rotatable bonds is 1. The second-order valence-corrected chi connectivity index (χ2v) is 5.54. The maximum Gasteiger partial charge on any atom is 0.410 e. The Labute approximate surface area is 102 Å². The second-order valence-electron chi connectivity index (χ2n) is 5.54. The second kappa shape index (κ2) is 4.51. The summed E-state index contributed by atoms with van der Waals surface area (Å²) < 4.78 is 5.42. The molecule has 0 spiro atoms. The Morgan fingerprint density at radius 3 is 2.88 bits per heavy atom. The zero-order chi connectivity index (χ0) is 12.5. The van der Waals surface area contributed by atoms with Gasteiger partial charge >= 0.3 is 6.09 Å². The van der Waals surface area contributed by atoms with E-state index in [1.807, 2.05) is 37.9 Å². The lowest BCUT2D eigenvalue weighted by Gasteiger charge is -2.28. The van der Waals surface area contributed by atoms with E-state index in [2.05, 4.69) is 4.99 Å². The number of nitrogens with zero attached hydrogens (tertiary/aromatic N) is 2. The summed E-state index contributed by atoms with van der Waals surface area (Å²) in [5.41, 5.74) is 0.660. The molecule has 1 saturated heterocycles. The quantitative estimate of drug-likeness (QED) is 0.702. The van der Waals surface area contributed by atoms with E-state index < -0.39 is 5.60 Å². The topological polar surface area (TPSA) is 41.9 Å². The van der Waals surface area contributed by atoms with Crippen molar-refractivity contribution in [1.29, 1.82) is 0 Å². The lowest BCUT2D eigenvalue weighted by atomic mass is 10.1. The minimum absolute atomic E-state index is 0.139. The van der Waals surface area contributed by atoms with Crippen molar-refractivity contribution in [2.75, 3.05) is 6.54 Å².